The van der Waals surface area contributed by atoms with Crippen molar-refractivity contribution < 1.29 is 14.6 Å². The largest absolute Gasteiger partial charge is 0.481 e. The first-order valence-electron chi connectivity index (χ1n) is 4.16. The number of rotatable bonds is 2. The molecule has 0 radical (unpaired) electrons. The Hall–Kier alpha value is -0.650. The molecule has 2 rings (SSSR count). The summed E-state index contributed by atoms with van der Waals surface area (Å²) in [5, 5.41) is 10.1. The second-order valence-corrected chi connectivity index (χ2v) is 4.15. The smallest absolute Gasteiger partial charge is 0.219 e. The fourth-order valence-corrected chi connectivity index (χ4v) is 1.70. The highest BCUT2D eigenvalue weighted by Gasteiger charge is 2.41. The van der Waals surface area contributed by atoms with E-state index in [0.717, 1.165) is 4.47 Å². The number of halogens is 1. The van der Waals surface area contributed by atoms with Crippen molar-refractivity contribution >= 4 is 15.9 Å². The molecule has 14 heavy (non-hydrogen) atoms. The zero-order valence-corrected chi connectivity index (χ0v) is 9.24. The monoisotopic (exact) mass is 259 g/mol. The summed E-state index contributed by atoms with van der Waals surface area (Å²) in [5.41, 5.74) is -0.275. The molecule has 1 N–H and O–H groups in total. The molecule has 1 aliphatic heterocycles. The van der Waals surface area contributed by atoms with Crippen molar-refractivity contribution in [2.24, 2.45) is 0 Å². The molecule has 1 fully saturated rings. The molecule has 0 bridgehead atoms. The molecule has 0 amide bonds. The lowest BCUT2D eigenvalue weighted by molar-refractivity contribution is -0.185. The van der Waals surface area contributed by atoms with E-state index in [2.05, 4.69) is 20.9 Å². The van der Waals surface area contributed by atoms with E-state index in [0.29, 0.717) is 24.7 Å². The Bertz CT molecular complexity index is 352. The van der Waals surface area contributed by atoms with Crippen LogP contribution in [0, 0.1) is 0 Å². The Morgan fingerprint density at radius 3 is 2.86 bits per heavy atom. The van der Waals surface area contributed by atoms with E-state index in [-0.39, 0.29) is 0 Å². The van der Waals surface area contributed by atoms with Crippen molar-refractivity contribution in [2.45, 2.75) is 5.60 Å². The van der Waals surface area contributed by atoms with Crippen molar-refractivity contribution in [1.29, 1.82) is 0 Å². The van der Waals surface area contributed by atoms with Gasteiger partial charge < -0.3 is 14.6 Å². The highest BCUT2D eigenvalue weighted by atomic mass is 79.9. The van der Waals surface area contributed by atoms with E-state index in [9.17, 15) is 5.11 Å². The van der Waals surface area contributed by atoms with Crippen LogP contribution >= 0.6 is 15.9 Å². The van der Waals surface area contributed by atoms with Crippen LogP contribution in [0.3, 0.4) is 0 Å². The van der Waals surface area contributed by atoms with Gasteiger partial charge in [0.25, 0.3) is 0 Å². The first-order chi connectivity index (χ1) is 6.65. The summed E-state index contributed by atoms with van der Waals surface area (Å²) in [6.07, 6.45) is 1.63. The van der Waals surface area contributed by atoms with Gasteiger partial charge in [0.2, 0.25) is 5.88 Å². The van der Waals surface area contributed by atoms with E-state index >= 15 is 0 Å². The SMILES string of the molecule is COc1ncc(Br)cc1C1(O)COC1. The van der Waals surface area contributed by atoms with E-state index < -0.39 is 5.60 Å². The van der Waals surface area contributed by atoms with Crippen molar-refractivity contribution in [3.05, 3.63) is 22.3 Å². The highest BCUT2D eigenvalue weighted by Crippen LogP contribution is 2.35. The lowest BCUT2D eigenvalue weighted by Gasteiger charge is -2.37. The third-order valence-electron chi connectivity index (χ3n) is 2.19. The summed E-state index contributed by atoms with van der Waals surface area (Å²) in [6.45, 7) is 0.586. The number of hydrogen-bond acceptors (Lipinski definition) is 4. The maximum Gasteiger partial charge on any atom is 0.219 e. The molecule has 0 atom stereocenters. The van der Waals surface area contributed by atoms with Gasteiger partial charge in [-0.25, -0.2) is 4.98 Å². The first-order valence-corrected chi connectivity index (χ1v) is 4.95. The lowest BCUT2D eigenvalue weighted by atomic mass is 9.93. The number of hydrogen-bond donors (Lipinski definition) is 1. The van der Waals surface area contributed by atoms with Gasteiger partial charge in [-0.1, -0.05) is 0 Å². The van der Waals surface area contributed by atoms with Crippen LogP contribution in [-0.4, -0.2) is 30.4 Å². The lowest BCUT2D eigenvalue weighted by Crippen LogP contribution is -2.46. The fraction of sp³-hybridized carbons (Fsp3) is 0.444. The Morgan fingerprint density at radius 2 is 2.36 bits per heavy atom. The molecule has 0 spiro atoms. The third-order valence-corrected chi connectivity index (χ3v) is 2.63. The molecule has 0 aliphatic carbocycles. The zero-order valence-electron chi connectivity index (χ0n) is 7.66. The molecule has 4 nitrogen and oxygen atoms in total. The number of pyridine rings is 1. The zero-order chi connectivity index (χ0) is 10.2. The van der Waals surface area contributed by atoms with Gasteiger partial charge in [-0.05, 0) is 22.0 Å². The minimum atomic E-state index is -0.942. The van der Waals surface area contributed by atoms with Gasteiger partial charge in [0.1, 0.15) is 5.60 Å². The van der Waals surface area contributed by atoms with Crippen molar-refractivity contribution in [3.8, 4) is 5.88 Å². The molecule has 5 heteroatoms. The van der Waals surface area contributed by atoms with E-state index in [4.69, 9.17) is 9.47 Å². The minimum absolute atomic E-state index is 0.293. The Labute approximate surface area is 90.0 Å². The molecular weight excluding hydrogens is 250 g/mol. The van der Waals surface area contributed by atoms with Crippen LogP contribution in [0.25, 0.3) is 0 Å². The van der Waals surface area contributed by atoms with Crippen LogP contribution in [0.4, 0.5) is 0 Å². The van der Waals surface area contributed by atoms with Gasteiger partial charge in [-0.2, -0.15) is 0 Å². The molecule has 1 aromatic heterocycles. The number of ether oxygens (including phenoxy) is 2. The molecule has 0 aromatic carbocycles. The second kappa shape index (κ2) is 3.49. The van der Waals surface area contributed by atoms with Crippen LogP contribution in [-0.2, 0) is 10.3 Å². The fourth-order valence-electron chi connectivity index (χ4n) is 1.37. The van der Waals surface area contributed by atoms with Crippen LogP contribution in [0.5, 0.6) is 5.88 Å². The second-order valence-electron chi connectivity index (χ2n) is 3.23. The van der Waals surface area contributed by atoms with Gasteiger partial charge in [0.15, 0.2) is 0 Å². The average molecular weight is 260 g/mol. The Morgan fingerprint density at radius 1 is 1.64 bits per heavy atom. The molecule has 0 saturated carbocycles. The molecule has 1 aliphatic rings. The van der Waals surface area contributed by atoms with Crippen LogP contribution in [0.15, 0.2) is 16.7 Å². The topological polar surface area (TPSA) is 51.6 Å². The van der Waals surface area contributed by atoms with Gasteiger partial charge >= 0.3 is 0 Å². The van der Waals surface area contributed by atoms with Gasteiger partial charge in [-0.3, -0.25) is 0 Å². The van der Waals surface area contributed by atoms with Crippen LogP contribution < -0.4 is 4.74 Å². The molecule has 1 aromatic rings. The number of aromatic nitrogens is 1. The summed E-state index contributed by atoms with van der Waals surface area (Å²) < 4.78 is 10.9. The predicted octanol–water partition coefficient (Wildman–Crippen LogP) is 1.07. The summed E-state index contributed by atoms with van der Waals surface area (Å²) in [6, 6.07) is 1.80. The summed E-state index contributed by atoms with van der Waals surface area (Å²) >= 11 is 3.30. The molecule has 1 saturated heterocycles. The third kappa shape index (κ3) is 1.51. The van der Waals surface area contributed by atoms with Gasteiger partial charge in [0, 0.05) is 10.7 Å². The van der Waals surface area contributed by atoms with Crippen LogP contribution in [0.1, 0.15) is 5.56 Å². The molecule has 0 unspecified atom stereocenters. The van der Waals surface area contributed by atoms with Gasteiger partial charge in [-0.15, -0.1) is 0 Å². The van der Waals surface area contributed by atoms with E-state index in [1.165, 1.54) is 7.11 Å². The average Bonchev–Trinajstić information content (AvgIpc) is 2.14. The minimum Gasteiger partial charge on any atom is -0.481 e. The van der Waals surface area contributed by atoms with Gasteiger partial charge in [0.05, 0.1) is 25.9 Å². The van der Waals surface area contributed by atoms with E-state index in [1.54, 1.807) is 12.3 Å². The Balaban J connectivity index is 2.43. The quantitative estimate of drug-likeness (QED) is 0.864. The summed E-state index contributed by atoms with van der Waals surface area (Å²) in [4.78, 5) is 4.06. The summed E-state index contributed by atoms with van der Waals surface area (Å²) in [7, 11) is 1.53. The van der Waals surface area contributed by atoms with Crippen molar-refractivity contribution in [3.63, 3.8) is 0 Å². The number of aliphatic hydroxyl groups is 1. The van der Waals surface area contributed by atoms with Crippen molar-refractivity contribution in [1.82, 2.24) is 4.98 Å². The standard InChI is InChI=1S/C9H10BrNO3/c1-13-8-7(2-6(10)3-11-8)9(12)4-14-5-9/h2-3,12H,4-5H2,1H3. The summed E-state index contributed by atoms with van der Waals surface area (Å²) in [5.74, 6) is 0.444. The highest BCUT2D eigenvalue weighted by molar-refractivity contribution is 9.10. The molecule has 76 valence electrons. The van der Waals surface area contributed by atoms with Crippen molar-refractivity contribution in [2.75, 3.05) is 20.3 Å². The van der Waals surface area contributed by atoms with E-state index in [1.807, 2.05) is 0 Å². The number of methoxy groups -OCH3 is 1. The van der Waals surface area contributed by atoms with Crippen LogP contribution in [0.2, 0.25) is 0 Å². The molecule has 2 heterocycles. The first kappa shape index (κ1) is 9.89. The maximum absolute atomic E-state index is 10.1. The predicted molar refractivity (Wildman–Crippen MR) is 53.2 cm³/mol. The maximum atomic E-state index is 10.1. The number of nitrogens with zero attached hydrogens (tertiary/aromatic N) is 1. The molecular formula is C9H10BrNO3. The Kier molecular flexibility index (Phi) is 2.47. The normalized spacial score (nSPS) is 18.8.